The van der Waals surface area contributed by atoms with Gasteiger partial charge in [-0.15, -0.1) is 6.58 Å². The highest BCUT2D eigenvalue weighted by Crippen LogP contribution is 2.42. The molecule has 38 heavy (non-hydrogen) atoms. The Morgan fingerprint density at radius 3 is 2.45 bits per heavy atom. The standard InChI is InChI=1S/C28H35F3N4O3/c1-5-12-34-22-16-35(21(15-17(2)3)25(36)33-13-10-18(4)11-14-33)26(37)23(22)24(32-27(34)38)19-8-6-7-9-20(19)28(29,30)31/h5-9,17-18,21,24H,1,10-16H2,2-4H3,(H,32,38)/t21-,24-/m1/s1. The molecule has 1 N–H and O–H groups in total. The van der Waals surface area contributed by atoms with Crippen LogP contribution in [0.3, 0.4) is 0 Å². The maximum absolute atomic E-state index is 14.0. The van der Waals surface area contributed by atoms with E-state index in [9.17, 15) is 27.6 Å². The van der Waals surface area contributed by atoms with Crippen LogP contribution in [-0.2, 0) is 15.8 Å². The van der Waals surface area contributed by atoms with Crippen LogP contribution in [0.4, 0.5) is 18.0 Å². The molecular weight excluding hydrogens is 497 g/mol. The number of hydrogen-bond donors (Lipinski definition) is 1. The number of piperidine rings is 1. The average molecular weight is 533 g/mol. The van der Waals surface area contributed by atoms with E-state index in [1.807, 2.05) is 13.8 Å². The van der Waals surface area contributed by atoms with Gasteiger partial charge in [-0.1, -0.05) is 45.0 Å². The van der Waals surface area contributed by atoms with Crippen LogP contribution in [0, 0.1) is 11.8 Å². The molecule has 0 radical (unpaired) electrons. The number of carbonyl (C=O) groups excluding carboxylic acids is 3. The molecule has 1 fully saturated rings. The van der Waals surface area contributed by atoms with Crippen molar-refractivity contribution in [3.63, 3.8) is 0 Å². The predicted molar refractivity (Wildman–Crippen MR) is 137 cm³/mol. The topological polar surface area (TPSA) is 73.0 Å². The molecular formula is C28H35F3N4O3. The summed E-state index contributed by atoms with van der Waals surface area (Å²) < 4.78 is 41.8. The smallest absolute Gasteiger partial charge is 0.341 e. The SMILES string of the molecule is C=CCN1C(=O)N[C@H](c2ccccc2C(F)(F)F)C2=C1CN([C@H](CC(C)C)C(=O)N1CCC(C)CC1)C2=O. The van der Waals surface area contributed by atoms with Crippen molar-refractivity contribution in [3.8, 4) is 0 Å². The van der Waals surface area contributed by atoms with E-state index < -0.39 is 35.8 Å². The Balaban J connectivity index is 1.75. The number of rotatable bonds is 7. The number of amides is 4. The maximum Gasteiger partial charge on any atom is 0.416 e. The van der Waals surface area contributed by atoms with Gasteiger partial charge in [0.1, 0.15) is 6.04 Å². The normalized spacial score (nSPS) is 21.7. The van der Waals surface area contributed by atoms with Crippen LogP contribution in [0.5, 0.6) is 0 Å². The molecule has 206 valence electrons. The minimum atomic E-state index is -4.68. The summed E-state index contributed by atoms with van der Waals surface area (Å²) >= 11 is 0. The molecule has 4 rings (SSSR count). The summed E-state index contributed by atoms with van der Waals surface area (Å²) in [6.07, 6.45) is -1.02. The molecule has 0 bridgehead atoms. The van der Waals surface area contributed by atoms with Gasteiger partial charge in [0.2, 0.25) is 5.91 Å². The number of urea groups is 1. The van der Waals surface area contributed by atoms with Crippen molar-refractivity contribution in [3.05, 3.63) is 59.3 Å². The van der Waals surface area contributed by atoms with Gasteiger partial charge in [0.25, 0.3) is 5.91 Å². The van der Waals surface area contributed by atoms with Crippen molar-refractivity contribution < 1.29 is 27.6 Å². The molecule has 7 nitrogen and oxygen atoms in total. The van der Waals surface area contributed by atoms with Crippen molar-refractivity contribution in [1.82, 2.24) is 20.0 Å². The van der Waals surface area contributed by atoms with Gasteiger partial charge in [-0.2, -0.15) is 13.2 Å². The molecule has 3 aliphatic rings. The molecule has 0 aromatic heterocycles. The summed E-state index contributed by atoms with van der Waals surface area (Å²) in [6.45, 7) is 11.0. The first-order valence-electron chi connectivity index (χ1n) is 13.1. The van der Waals surface area contributed by atoms with Crippen LogP contribution in [0.1, 0.15) is 57.2 Å². The van der Waals surface area contributed by atoms with Crippen molar-refractivity contribution in [2.75, 3.05) is 26.2 Å². The van der Waals surface area contributed by atoms with E-state index in [2.05, 4.69) is 18.8 Å². The number of alkyl halides is 3. The third kappa shape index (κ3) is 5.31. The lowest BCUT2D eigenvalue weighted by molar-refractivity contribution is -0.144. The third-order valence-electron chi connectivity index (χ3n) is 7.59. The number of halogens is 3. The molecule has 0 spiro atoms. The molecule has 3 aliphatic heterocycles. The summed E-state index contributed by atoms with van der Waals surface area (Å²) in [4.78, 5) is 45.4. The van der Waals surface area contributed by atoms with E-state index in [0.717, 1.165) is 18.9 Å². The number of nitrogens with one attached hydrogen (secondary N) is 1. The fourth-order valence-corrected chi connectivity index (χ4v) is 5.58. The van der Waals surface area contributed by atoms with Gasteiger partial charge in [0, 0.05) is 19.6 Å². The van der Waals surface area contributed by atoms with Gasteiger partial charge in [0.15, 0.2) is 0 Å². The molecule has 2 atom stereocenters. The van der Waals surface area contributed by atoms with Gasteiger partial charge in [-0.3, -0.25) is 14.5 Å². The van der Waals surface area contributed by atoms with Crippen molar-refractivity contribution in [2.24, 2.45) is 11.8 Å². The zero-order valence-electron chi connectivity index (χ0n) is 22.1. The van der Waals surface area contributed by atoms with Crippen LogP contribution in [0.2, 0.25) is 0 Å². The predicted octanol–water partition coefficient (Wildman–Crippen LogP) is 4.73. The molecule has 10 heteroatoms. The first-order chi connectivity index (χ1) is 17.9. The van der Waals surface area contributed by atoms with Crippen LogP contribution in [0.15, 0.2) is 48.2 Å². The summed E-state index contributed by atoms with van der Waals surface area (Å²) in [6, 6.07) is 2.26. The zero-order chi connectivity index (χ0) is 27.8. The Morgan fingerprint density at radius 1 is 1.18 bits per heavy atom. The lowest BCUT2D eigenvalue weighted by atomic mass is 9.91. The lowest BCUT2D eigenvalue weighted by Gasteiger charge is -2.37. The Labute approximate surface area is 221 Å². The zero-order valence-corrected chi connectivity index (χ0v) is 22.1. The van der Waals surface area contributed by atoms with E-state index in [0.29, 0.717) is 31.1 Å². The van der Waals surface area contributed by atoms with Crippen LogP contribution in [0.25, 0.3) is 0 Å². The van der Waals surface area contributed by atoms with E-state index >= 15 is 0 Å². The molecule has 0 saturated carbocycles. The number of nitrogens with zero attached hydrogens (tertiary/aromatic N) is 3. The van der Waals surface area contributed by atoms with Crippen LogP contribution < -0.4 is 5.32 Å². The van der Waals surface area contributed by atoms with Crippen LogP contribution >= 0.6 is 0 Å². The molecule has 0 aliphatic carbocycles. The monoisotopic (exact) mass is 532 g/mol. The number of likely N-dealkylation sites (tertiary alicyclic amines) is 1. The van der Waals surface area contributed by atoms with Gasteiger partial charge in [-0.25, -0.2) is 4.79 Å². The first-order valence-corrected chi connectivity index (χ1v) is 13.1. The summed E-state index contributed by atoms with van der Waals surface area (Å²) in [5.74, 6) is -0.0751. The Morgan fingerprint density at radius 2 is 1.84 bits per heavy atom. The van der Waals surface area contributed by atoms with Crippen LogP contribution in [-0.4, -0.2) is 64.8 Å². The van der Waals surface area contributed by atoms with Crippen molar-refractivity contribution in [2.45, 2.75) is 58.3 Å². The van der Waals surface area contributed by atoms with Crippen molar-refractivity contribution in [1.29, 1.82) is 0 Å². The third-order valence-corrected chi connectivity index (χ3v) is 7.59. The highest BCUT2D eigenvalue weighted by atomic mass is 19.4. The van der Waals surface area contributed by atoms with Gasteiger partial charge in [-0.05, 0) is 42.7 Å². The molecule has 1 saturated heterocycles. The fourth-order valence-electron chi connectivity index (χ4n) is 5.58. The second kappa shape index (κ2) is 10.8. The average Bonchev–Trinajstić information content (AvgIpc) is 3.20. The van der Waals surface area contributed by atoms with E-state index in [1.165, 1.54) is 34.1 Å². The molecule has 3 heterocycles. The Kier molecular flexibility index (Phi) is 7.90. The molecule has 4 amide bonds. The van der Waals surface area contributed by atoms with Gasteiger partial charge < -0.3 is 15.1 Å². The number of benzene rings is 1. The largest absolute Gasteiger partial charge is 0.416 e. The second-order valence-corrected chi connectivity index (χ2v) is 10.8. The minimum Gasteiger partial charge on any atom is -0.341 e. The van der Waals surface area contributed by atoms with E-state index in [1.54, 1.807) is 4.90 Å². The summed E-state index contributed by atoms with van der Waals surface area (Å²) in [7, 11) is 0. The second-order valence-electron chi connectivity index (χ2n) is 10.8. The highest BCUT2D eigenvalue weighted by Gasteiger charge is 2.49. The highest BCUT2D eigenvalue weighted by molar-refractivity contribution is 6.03. The van der Waals surface area contributed by atoms with Gasteiger partial charge in [0.05, 0.1) is 29.4 Å². The Hall–Kier alpha value is -3.30. The minimum absolute atomic E-state index is 0.0342. The fraction of sp³-hybridized carbons (Fsp3) is 0.536. The lowest BCUT2D eigenvalue weighted by Crippen LogP contribution is -2.52. The van der Waals surface area contributed by atoms with Crippen molar-refractivity contribution >= 4 is 17.8 Å². The summed E-state index contributed by atoms with van der Waals surface area (Å²) in [5.41, 5.74) is -0.740. The maximum atomic E-state index is 14.0. The quantitative estimate of drug-likeness (QED) is 0.517. The molecule has 1 aromatic rings. The molecule has 0 unspecified atom stereocenters. The first kappa shape index (κ1) is 27.7. The summed E-state index contributed by atoms with van der Waals surface area (Å²) in [5, 5.41) is 2.62. The molecule has 1 aromatic carbocycles. The number of hydrogen-bond acceptors (Lipinski definition) is 3. The van der Waals surface area contributed by atoms with E-state index in [-0.39, 0.29) is 36.1 Å². The Bertz CT molecular complexity index is 1140. The van der Waals surface area contributed by atoms with Gasteiger partial charge >= 0.3 is 12.2 Å². The van der Waals surface area contributed by atoms with E-state index in [4.69, 9.17) is 0 Å². The number of carbonyl (C=O) groups is 3.